The number of rotatable bonds is 1. The average molecular weight is 181 g/mol. The van der Waals surface area contributed by atoms with E-state index in [2.05, 4.69) is 23.7 Å². The number of nitrogens with two attached hydrogens (primary N) is 1. The highest BCUT2D eigenvalue weighted by atomic mass is 15.3. The lowest BCUT2D eigenvalue weighted by atomic mass is 10.1. The van der Waals surface area contributed by atoms with Gasteiger partial charge in [0.1, 0.15) is 0 Å². The summed E-state index contributed by atoms with van der Waals surface area (Å²) in [6.45, 7) is 5.60. The Morgan fingerprint density at radius 1 is 1.38 bits per heavy atom. The lowest BCUT2D eigenvalue weighted by molar-refractivity contribution is 0.405. The third-order valence-corrected chi connectivity index (χ3v) is 2.94. The van der Waals surface area contributed by atoms with E-state index in [-0.39, 0.29) is 0 Å². The molecule has 0 bridgehead atoms. The van der Waals surface area contributed by atoms with Gasteiger partial charge in [-0.25, -0.2) is 4.99 Å². The van der Waals surface area contributed by atoms with Crippen molar-refractivity contribution < 1.29 is 0 Å². The van der Waals surface area contributed by atoms with Gasteiger partial charge < -0.3 is 10.6 Å². The van der Waals surface area contributed by atoms with Crippen LogP contribution >= 0.6 is 0 Å². The summed E-state index contributed by atoms with van der Waals surface area (Å²) in [4.78, 5) is 6.73. The molecule has 2 atom stereocenters. The molecule has 2 rings (SSSR count). The molecule has 2 unspecified atom stereocenters. The van der Waals surface area contributed by atoms with E-state index in [0.717, 1.165) is 18.4 Å². The molecular formula is C10H19N3. The first-order valence-electron chi connectivity index (χ1n) is 5.26. The standard InChI is InChI=1S/C10H19N3/c1-7-5-8(2)13(6-7)10(11)12-9-3-4-9/h7-9H,3-6H2,1-2H3,(H2,11,12). The Bertz CT molecular complexity index is 220. The van der Waals surface area contributed by atoms with Crippen LogP contribution in [0.3, 0.4) is 0 Å². The Morgan fingerprint density at radius 2 is 2.08 bits per heavy atom. The van der Waals surface area contributed by atoms with Crippen molar-refractivity contribution in [2.24, 2.45) is 16.6 Å². The van der Waals surface area contributed by atoms with E-state index in [4.69, 9.17) is 5.73 Å². The summed E-state index contributed by atoms with van der Waals surface area (Å²) in [6.07, 6.45) is 3.72. The molecule has 1 heterocycles. The van der Waals surface area contributed by atoms with Gasteiger partial charge in [-0.2, -0.15) is 0 Å². The van der Waals surface area contributed by atoms with Crippen LogP contribution in [0.2, 0.25) is 0 Å². The number of guanidine groups is 1. The number of likely N-dealkylation sites (tertiary alicyclic amines) is 1. The summed E-state index contributed by atoms with van der Waals surface area (Å²) in [5, 5.41) is 0. The highest BCUT2D eigenvalue weighted by molar-refractivity contribution is 5.79. The molecule has 3 nitrogen and oxygen atoms in total. The second kappa shape index (κ2) is 3.20. The monoisotopic (exact) mass is 181 g/mol. The smallest absolute Gasteiger partial charge is 0.191 e. The summed E-state index contributed by atoms with van der Waals surface area (Å²) in [5.74, 6) is 1.54. The van der Waals surface area contributed by atoms with E-state index in [0.29, 0.717) is 12.1 Å². The van der Waals surface area contributed by atoms with Gasteiger partial charge in [-0.1, -0.05) is 6.92 Å². The molecule has 0 aromatic rings. The summed E-state index contributed by atoms with van der Waals surface area (Å²) in [5.41, 5.74) is 5.95. The predicted molar refractivity (Wildman–Crippen MR) is 54.6 cm³/mol. The number of hydrogen-bond donors (Lipinski definition) is 1. The van der Waals surface area contributed by atoms with Crippen molar-refractivity contribution in [3.63, 3.8) is 0 Å². The Hall–Kier alpha value is -0.730. The summed E-state index contributed by atoms with van der Waals surface area (Å²) >= 11 is 0. The van der Waals surface area contributed by atoms with Crippen LogP contribution in [0.25, 0.3) is 0 Å². The summed E-state index contributed by atoms with van der Waals surface area (Å²) in [6, 6.07) is 1.13. The molecule has 1 saturated carbocycles. The minimum Gasteiger partial charge on any atom is -0.370 e. The normalized spacial score (nSPS) is 35.5. The Balaban J connectivity index is 1.98. The molecule has 1 aliphatic carbocycles. The van der Waals surface area contributed by atoms with E-state index in [1.165, 1.54) is 19.3 Å². The summed E-state index contributed by atoms with van der Waals surface area (Å²) in [7, 11) is 0. The Kier molecular flexibility index (Phi) is 2.18. The van der Waals surface area contributed by atoms with Gasteiger partial charge in [0.25, 0.3) is 0 Å². The first-order chi connectivity index (χ1) is 6.16. The van der Waals surface area contributed by atoms with Gasteiger partial charge >= 0.3 is 0 Å². The van der Waals surface area contributed by atoms with Crippen molar-refractivity contribution in [2.45, 2.75) is 45.2 Å². The van der Waals surface area contributed by atoms with Crippen LogP contribution < -0.4 is 5.73 Å². The Morgan fingerprint density at radius 3 is 2.54 bits per heavy atom. The van der Waals surface area contributed by atoms with Crippen LogP contribution in [0.15, 0.2) is 4.99 Å². The van der Waals surface area contributed by atoms with E-state index >= 15 is 0 Å². The van der Waals surface area contributed by atoms with Crippen LogP contribution in [-0.2, 0) is 0 Å². The molecule has 3 heteroatoms. The first-order valence-corrected chi connectivity index (χ1v) is 5.26. The largest absolute Gasteiger partial charge is 0.370 e. The summed E-state index contributed by atoms with van der Waals surface area (Å²) < 4.78 is 0. The van der Waals surface area contributed by atoms with E-state index < -0.39 is 0 Å². The molecule has 1 saturated heterocycles. The van der Waals surface area contributed by atoms with E-state index in [1.807, 2.05) is 0 Å². The second-order valence-corrected chi connectivity index (χ2v) is 4.56. The Labute approximate surface area is 80.0 Å². The van der Waals surface area contributed by atoms with Gasteiger partial charge in [-0.05, 0) is 32.1 Å². The van der Waals surface area contributed by atoms with Gasteiger partial charge in [0.05, 0.1) is 6.04 Å². The van der Waals surface area contributed by atoms with Crippen LogP contribution in [0.1, 0.15) is 33.1 Å². The molecule has 2 aliphatic rings. The number of hydrogen-bond acceptors (Lipinski definition) is 1. The molecule has 2 fully saturated rings. The molecule has 2 N–H and O–H groups in total. The minimum absolute atomic E-state index is 0.545. The maximum atomic E-state index is 5.95. The molecule has 0 radical (unpaired) electrons. The molecule has 0 aromatic carbocycles. The van der Waals surface area contributed by atoms with Crippen LogP contribution in [0, 0.1) is 5.92 Å². The van der Waals surface area contributed by atoms with Crippen molar-refractivity contribution >= 4 is 5.96 Å². The molecular weight excluding hydrogens is 162 g/mol. The van der Waals surface area contributed by atoms with Crippen LogP contribution in [0.4, 0.5) is 0 Å². The zero-order valence-corrected chi connectivity index (χ0v) is 8.53. The maximum absolute atomic E-state index is 5.95. The lowest BCUT2D eigenvalue weighted by Crippen LogP contribution is -2.39. The lowest BCUT2D eigenvalue weighted by Gasteiger charge is -2.22. The van der Waals surface area contributed by atoms with Gasteiger partial charge in [0, 0.05) is 12.6 Å². The first kappa shape index (κ1) is 8.85. The topological polar surface area (TPSA) is 41.6 Å². The molecule has 0 aromatic heterocycles. The molecule has 0 amide bonds. The third kappa shape index (κ3) is 1.95. The zero-order chi connectivity index (χ0) is 9.42. The SMILES string of the molecule is CC1CC(C)N(C(N)=NC2CC2)C1. The second-order valence-electron chi connectivity index (χ2n) is 4.56. The van der Waals surface area contributed by atoms with Crippen molar-refractivity contribution in [1.29, 1.82) is 0 Å². The molecule has 1 aliphatic heterocycles. The van der Waals surface area contributed by atoms with Crippen molar-refractivity contribution in [2.75, 3.05) is 6.54 Å². The van der Waals surface area contributed by atoms with Gasteiger partial charge in [0.2, 0.25) is 0 Å². The minimum atomic E-state index is 0.545. The molecule has 13 heavy (non-hydrogen) atoms. The van der Waals surface area contributed by atoms with Crippen LogP contribution in [-0.4, -0.2) is 29.5 Å². The van der Waals surface area contributed by atoms with E-state index in [9.17, 15) is 0 Å². The highest BCUT2D eigenvalue weighted by Crippen LogP contribution is 2.26. The third-order valence-electron chi connectivity index (χ3n) is 2.94. The fraction of sp³-hybridized carbons (Fsp3) is 0.900. The number of nitrogens with zero attached hydrogens (tertiary/aromatic N) is 2. The van der Waals surface area contributed by atoms with Gasteiger partial charge in [-0.15, -0.1) is 0 Å². The highest BCUT2D eigenvalue weighted by Gasteiger charge is 2.29. The quantitative estimate of drug-likeness (QED) is 0.488. The van der Waals surface area contributed by atoms with Crippen molar-refractivity contribution in [3.05, 3.63) is 0 Å². The maximum Gasteiger partial charge on any atom is 0.191 e. The zero-order valence-electron chi connectivity index (χ0n) is 8.53. The van der Waals surface area contributed by atoms with Crippen molar-refractivity contribution in [1.82, 2.24) is 4.90 Å². The predicted octanol–water partition coefficient (Wildman–Crippen LogP) is 1.19. The van der Waals surface area contributed by atoms with Crippen molar-refractivity contribution in [3.8, 4) is 0 Å². The fourth-order valence-corrected chi connectivity index (χ4v) is 2.08. The van der Waals surface area contributed by atoms with Crippen LogP contribution in [0.5, 0.6) is 0 Å². The number of aliphatic imine (C=N–C) groups is 1. The molecule has 74 valence electrons. The fourth-order valence-electron chi connectivity index (χ4n) is 2.08. The van der Waals surface area contributed by atoms with Gasteiger partial charge in [0.15, 0.2) is 5.96 Å². The van der Waals surface area contributed by atoms with E-state index in [1.54, 1.807) is 0 Å². The average Bonchev–Trinajstić information content (AvgIpc) is 2.77. The van der Waals surface area contributed by atoms with Gasteiger partial charge in [-0.3, -0.25) is 0 Å². The molecule has 0 spiro atoms.